The molecule has 2 N–H and O–H groups in total. The molecule has 0 spiro atoms. The number of nitrogens with zero attached hydrogens (tertiary/aromatic N) is 2. The monoisotopic (exact) mass is 285 g/mol. The highest BCUT2D eigenvalue weighted by Gasteiger charge is 2.29. The van der Waals surface area contributed by atoms with Crippen LogP contribution in [0.1, 0.15) is 25.8 Å². The lowest BCUT2D eigenvalue weighted by Gasteiger charge is -2.20. The molecule has 0 aliphatic carbocycles. The molecule has 1 aliphatic heterocycles. The van der Waals surface area contributed by atoms with E-state index in [0.717, 1.165) is 41.9 Å². The van der Waals surface area contributed by atoms with Gasteiger partial charge in [-0.05, 0) is 36.6 Å². The molecule has 0 unspecified atom stereocenters. The fraction of sp³-hybridized carbons (Fsp3) is 0.471. The molecule has 0 radical (unpaired) electrons. The average Bonchev–Trinajstić information content (AvgIpc) is 2.78. The Balaban J connectivity index is 1.87. The summed E-state index contributed by atoms with van der Waals surface area (Å²) in [5.74, 6) is 1.43. The summed E-state index contributed by atoms with van der Waals surface area (Å²) in [7, 11) is 1.66. The Morgan fingerprint density at radius 2 is 2.14 bits per heavy atom. The van der Waals surface area contributed by atoms with Crippen molar-refractivity contribution in [3.63, 3.8) is 0 Å². The number of methoxy groups -OCH3 is 1. The smallest absolute Gasteiger partial charge is 0.128 e. The van der Waals surface area contributed by atoms with Crippen molar-refractivity contribution in [1.82, 2.24) is 9.88 Å². The molecule has 4 heteroatoms. The number of fused-ring (bicyclic) bond motifs is 1. The van der Waals surface area contributed by atoms with Crippen molar-refractivity contribution in [2.45, 2.75) is 26.8 Å². The summed E-state index contributed by atoms with van der Waals surface area (Å²) in [4.78, 5) is 6.99. The number of anilines is 1. The Hall–Kier alpha value is -1.81. The number of hydrogen-bond donors (Lipinski definition) is 1. The van der Waals surface area contributed by atoms with E-state index < -0.39 is 0 Å². The van der Waals surface area contributed by atoms with Crippen LogP contribution in [0.3, 0.4) is 0 Å². The minimum Gasteiger partial charge on any atom is -0.497 e. The number of hydrogen-bond acceptors (Lipinski definition) is 4. The topological polar surface area (TPSA) is 51.4 Å². The van der Waals surface area contributed by atoms with Crippen LogP contribution in [0.4, 0.5) is 5.82 Å². The van der Waals surface area contributed by atoms with Gasteiger partial charge in [0.15, 0.2) is 0 Å². The fourth-order valence-electron chi connectivity index (χ4n) is 3.06. The van der Waals surface area contributed by atoms with Crippen LogP contribution >= 0.6 is 0 Å². The largest absolute Gasteiger partial charge is 0.497 e. The van der Waals surface area contributed by atoms with Crippen molar-refractivity contribution >= 4 is 16.7 Å². The van der Waals surface area contributed by atoms with Gasteiger partial charge in [0.1, 0.15) is 11.6 Å². The van der Waals surface area contributed by atoms with Gasteiger partial charge in [-0.1, -0.05) is 13.8 Å². The molecule has 0 saturated carbocycles. The summed E-state index contributed by atoms with van der Waals surface area (Å²) < 4.78 is 5.23. The van der Waals surface area contributed by atoms with E-state index in [4.69, 9.17) is 10.5 Å². The Kier molecular flexibility index (Phi) is 3.49. The molecule has 1 aromatic carbocycles. The second-order valence-corrected chi connectivity index (χ2v) is 6.72. The van der Waals surface area contributed by atoms with E-state index in [9.17, 15) is 0 Å². The molecule has 1 aliphatic rings. The van der Waals surface area contributed by atoms with Crippen molar-refractivity contribution < 1.29 is 4.74 Å². The van der Waals surface area contributed by atoms with Crippen LogP contribution in [0.2, 0.25) is 0 Å². The van der Waals surface area contributed by atoms with Gasteiger partial charge >= 0.3 is 0 Å². The number of nitrogens with two attached hydrogens (primary N) is 1. The lowest BCUT2D eigenvalue weighted by Crippen LogP contribution is -2.23. The molecule has 0 atom stereocenters. The molecular weight excluding hydrogens is 262 g/mol. The fourth-order valence-corrected chi connectivity index (χ4v) is 3.06. The summed E-state index contributed by atoms with van der Waals surface area (Å²) in [5.41, 5.74) is 8.56. The minimum atomic E-state index is 0.409. The van der Waals surface area contributed by atoms with Gasteiger partial charge in [0, 0.05) is 30.1 Å². The molecule has 0 bridgehead atoms. The first-order chi connectivity index (χ1) is 9.97. The van der Waals surface area contributed by atoms with Gasteiger partial charge in [-0.25, -0.2) is 4.98 Å². The van der Waals surface area contributed by atoms with Crippen LogP contribution in [0.15, 0.2) is 24.3 Å². The first kappa shape index (κ1) is 14.1. The quantitative estimate of drug-likeness (QED) is 0.941. The molecule has 1 fully saturated rings. The highest BCUT2D eigenvalue weighted by atomic mass is 16.5. The van der Waals surface area contributed by atoms with E-state index in [0.29, 0.717) is 11.2 Å². The molecule has 1 aromatic heterocycles. The van der Waals surface area contributed by atoms with E-state index in [1.165, 1.54) is 6.42 Å². The molecule has 1 saturated heterocycles. The standard InChI is InChI=1S/C17H23N3O/c1-17(2)6-7-20(11-17)10-13-8-12-4-5-14(21-3)9-15(12)19-16(13)18/h4-5,8-9H,6-7,10-11H2,1-3H3,(H2,18,19). The summed E-state index contributed by atoms with van der Waals surface area (Å²) in [6.07, 6.45) is 1.24. The van der Waals surface area contributed by atoms with Gasteiger partial charge in [0.05, 0.1) is 12.6 Å². The van der Waals surface area contributed by atoms with Crippen molar-refractivity contribution in [3.05, 3.63) is 29.8 Å². The van der Waals surface area contributed by atoms with E-state index in [1.54, 1.807) is 7.11 Å². The Bertz CT molecular complexity index is 666. The lowest BCUT2D eigenvalue weighted by molar-refractivity contribution is 0.285. The van der Waals surface area contributed by atoms with Crippen molar-refractivity contribution in [2.24, 2.45) is 5.41 Å². The van der Waals surface area contributed by atoms with Crippen LogP contribution in [-0.4, -0.2) is 30.1 Å². The highest BCUT2D eigenvalue weighted by Crippen LogP contribution is 2.31. The van der Waals surface area contributed by atoms with Crippen LogP contribution in [0.25, 0.3) is 10.9 Å². The minimum absolute atomic E-state index is 0.409. The SMILES string of the molecule is COc1ccc2cc(CN3CCC(C)(C)C3)c(N)nc2c1. The van der Waals surface area contributed by atoms with Gasteiger partial charge in [-0.15, -0.1) is 0 Å². The molecule has 21 heavy (non-hydrogen) atoms. The maximum atomic E-state index is 6.15. The molecule has 0 amide bonds. The van der Waals surface area contributed by atoms with E-state index in [-0.39, 0.29) is 0 Å². The zero-order valence-corrected chi connectivity index (χ0v) is 13.0. The van der Waals surface area contributed by atoms with Crippen molar-refractivity contribution in [1.29, 1.82) is 0 Å². The van der Waals surface area contributed by atoms with Crippen LogP contribution in [0.5, 0.6) is 5.75 Å². The summed E-state index contributed by atoms with van der Waals surface area (Å²) in [6.45, 7) is 7.77. The molecule has 3 rings (SSSR count). The number of aromatic nitrogens is 1. The van der Waals surface area contributed by atoms with E-state index in [2.05, 4.69) is 29.8 Å². The number of ether oxygens (including phenoxy) is 1. The first-order valence-corrected chi connectivity index (χ1v) is 7.42. The number of nitrogen functional groups attached to an aromatic ring is 1. The van der Waals surface area contributed by atoms with E-state index >= 15 is 0 Å². The second-order valence-electron chi connectivity index (χ2n) is 6.72. The number of rotatable bonds is 3. The predicted molar refractivity (Wildman–Crippen MR) is 86.4 cm³/mol. The Labute approximate surface area is 125 Å². The molecule has 2 aromatic rings. The normalized spacial score (nSPS) is 18.2. The zero-order chi connectivity index (χ0) is 15.0. The van der Waals surface area contributed by atoms with Crippen LogP contribution in [0, 0.1) is 5.41 Å². The van der Waals surface area contributed by atoms with Crippen LogP contribution < -0.4 is 10.5 Å². The van der Waals surface area contributed by atoms with Crippen molar-refractivity contribution in [2.75, 3.05) is 25.9 Å². The molecule has 112 valence electrons. The highest BCUT2D eigenvalue weighted by molar-refractivity contribution is 5.82. The van der Waals surface area contributed by atoms with E-state index in [1.807, 2.05) is 18.2 Å². The Morgan fingerprint density at radius 3 is 2.81 bits per heavy atom. The second kappa shape index (κ2) is 5.19. The van der Waals surface area contributed by atoms with Gasteiger partial charge < -0.3 is 10.5 Å². The Morgan fingerprint density at radius 1 is 1.33 bits per heavy atom. The third-order valence-electron chi connectivity index (χ3n) is 4.29. The number of likely N-dealkylation sites (tertiary alicyclic amines) is 1. The maximum absolute atomic E-state index is 6.15. The number of pyridine rings is 1. The molecule has 4 nitrogen and oxygen atoms in total. The van der Waals surface area contributed by atoms with Gasteiger partial charge in [0.25, 0.3) is 0 Å². The average molecular weight is 285 g/mol. The molecule has 2 heterocycles. The third kappa shape index (κ3) is 2.95. The van der Waals surface area contributed by atoms with Gasteiger partial charge in [0.2, 0.25) is 0 Å². The maximum Gasteiger partial charge on any atom is 0.128 e. The first-order valence-electron chi connectivity index (χ1n) is 7.42. The molecular formula is C17H23N3O. The summed E-state index contributed by atoms with van der Waals surface area (Å²) in [5, 5.41) is 1.11. The summed E-state index contributed by atoms with van der Waals surface area (Å²) in [6, 6.07) is 8.08. The van der Waals surface area contributed by atoms with Crippen molar-refractivity contribution in [3.8, 4) is 5.75 Å². The van der Waals surface area contributed by atoms with Crippen LogP contribution in [-0.2, 0) is 6.54 Å². The predicted octanol–water partition coefficient (Wildman–Crippen LogP) is 3.06. The van der Waals surface area contributed by atoms with Gasteiger partial charge in [-0.2, -0.15) is 0 Å². The zero-order valence-electron chi connectivity index (χ0n) is 13.0. The number of benzene rings is 1. The van der Waals surface area contributed by atoms with Gasteiger partial charge in [-0.3, -0.25) is 4.90 Å². The lowest BCUT2D eigenvalue weighted by atomic mass is 9.93. The summed E-state index contributed by atoms with van der Waals surface area (Å²) >= 11 is 0. The third-order valence-corrected chi connectivity index (χ3v) is 4.29.